The van der Waals surface area contributed by atoms with Gasteiger partial charge in [-0.25, -0.2) is 8.42 Å². The number of carbonyl (C=O) groups is 2. The first-order valence-electron chi connectivity index (χ1n) is 9.09. The highest BCUT2D eigenvalue weighted by Crippen LogP contribution is 2.27. The van der Waals surface area contributed by atoms with Gasteiger partial charge in [-0.3, -0.25) is 13.9 Å². The number of hydrogen-bond donors (Lipinski definition) is 1. The predicted molar refractivity (Wildman–Crippen MR) is 118 cm³/mol. The van der Waals surface area contributed by atoms with Crippen LogP contribution in [0.25, 0.3) is 0 Å². The van der Waals surface area contributed by atoms with Gasteiger partial charge in [0.25, 0.3) is 0 Å². The van der Waals surface area contributed by atoms with Crippen LogP contribution in [0.4, 0.5) is 17.1 Å². The van der Waals surface area contributed by atoms with E-state index in [0.29, 0.717) is 24.3 Å². The van der Waals surface area contributed by atoms with Crippen molar-refractivity contribution in [1.82, 2.24) is 0 Å². The molecule has 1 saturated heterocycles. The Kier molecular flexibility index (Phi) is 6.28. The number of aryl methyl sites for hydroxylation is 1. The van der Waals surface area contributed by atoms with Crippen LogP contribution in [0.5, 0.6) is 0 Å². The van der Waals surface area contributed by atoms with Crippen LogP contribution in [0.15, 0.2) is 46.9 Å². The van der Waals surface area contributed by atoms with Crippen LogP contribution in [0.2, 0.25) is 0 Å². The third-order valence-corrected chi connectivity index (χ3v) is 6.32. The first-order chi connectivity index (χ1) is 13.6. The topological polar surface area (TPSA) is 86.8 Å². The summed E-state index contributed by atoms with van der Waals surface area (Å²) in [6.07, 6.45) is 2.46. The lowest BCUT2D eigenvalue weighted by Crippen LogP contribution is -2.37. The molecule has 0 bridgehead atoms. The minimum absolute atomic E-state index is 0.100. The minimum Gasteiger partial charge on any atom is -0.325 e. The molecule has 2 aromatic carbocycles. The van der Waals surface area contributed by atoms with Crippen LogP contribution in [-0.4, -0.2) is 39.6 Å². The normalized spacial score (nSPS) is 14.2. The molecule has 1 fully saturated rings. The lowest BCUT2D eigenvalue weighted by molar-refractivity contribution is -0.117. The molecule has 1 heterocycles. The van der Waals surface area contributed by atoms with E-state index in [4.69, 9.17) is 0 Å². The zero-order valence-corrected chi connectivity index (χ0v) is 18.6. The second kappa shape index (κ2) is 8.54. The van der Waals surface area contributed by atoms with Crippen LogP contribution >= 0.6 is 15.9 Å². The van der Waals surface area contributed by atoms with E-state index >= 15 is 0 Å². The molecule has 7 nitrogen and oxygen atoms in total. The quantitative estimate of drug-likeness (QED) is 0.688. The molecule has 2 amide bonds. The molecule has 9 heteroatoms. The first kappa shape index (κ1) is 21.3. The monoisotopic (exact) mass is 479 g/mol. The van der Waals surface area contributed by atoms with Crippen LogP contribution in [-0.2, 0) is 19.6 Å². The SMILES string of the molecule is Cc1cc(NC(=O)CN(c2ccc(Br)cc2)S(C)(=O)=O)ccc1N1CCCC1=O. The molecule has 29 heavy (non-hydrogen) atoms. The van der Waals surface area contributed by atoms with Gasteiger partial charge in [-0.15, -0.1) is 0 Å². The van der Waals surface area contributed by atoms with E-state index in [1.807, 2.05) is 6.92 Å². The molecule has 1 aliphatic rings. The maximum absolute atomic E-state index is 12.5. The summed E-state index contributed by atoms with van der Waals surface area (Å²) in [5.41, 5.74) is 2.65. The minimum atomic E-state index is -3.64. The van der Waals surface area contributed by atoms with Crippen LogP contribution in [0.3, 0.4) is 0 Å². The smallest absolute Gasteiger partial charge is 0.245 e. The number of carbonyl (C=O) groups excluding carboxylic acids is 2. The van der Waals surface area contributed by atoms with Gasteiger partial charge in [0.05, 0.1) is 11.9 Å². The fraction of sp³-hybridized carbons (Fsp3) is 0.300. The van der Waals surface area contributed by atoms with E-state index in [2.05, 4.69) is 21.2 Å². The number of nitrogens with zero attached hydrogens (tertiary/aromatic N) is 2. The largest absolute Gasteiger partial charge is 0.325 e. The van der Waals surface area contributed by atoms with Crippen molar-refractivity contribution in [1.29, 1.82) is 0 Å². The summed E-state index contributed by atoms with van der Waals surface area (Å²) in [5.74, 6) is -0.356. The summed E-state index contributed by atoms with van der Waals surface area (Å²) in [4.78, 5) is 26.2. The number of sulfonamides is 1. The van der Waals surface area contributed by atoms with Crippen molar-refractivity contribution < 1.29 is 18.0 Å². The fourth-order valence-corrected chi connectivity index (χ4v) is 4.40. The Balaban J connectivity index is 1.74. The molecular formula is C20H22BrN3O4S. The molecule has 0 spiro atoms. The standard InChI is InChI=1S/C20H22BrN3O4S/c1-14-12-16(7-10-18(14)23-11-3-4-20(23)26)22-19(25)13-24(29(2,27)28)17-8-5-15(21)6-9-17/h5-10,12H,3-4,11,13H2,1-2H3,(H,22,25). The zero-order valence-electron chi connectivity index (χ0n) is 16.2. The number of benzene rings is 2. The summed E-state index contributed by atoms with van der Waals surface area (Å²) in [7, 11) is -3.64. The molecule has 2 aromatic rings. The number of nitrogens with one attached hydrogen (secondary N) is 1. The van der Waals surface area contributed by atoms with Crippen LogP contribution in [0, 0.1) is 6.92 Å². The average molecular weight is 480 g/mol. The Hall–Kier alpha value is -2.39. The van der Waals surface area contributed by atoms with Crippen molar-refractivity contribution in [2.45, 2.75) is 19.8 Å². The van der Waals surface area contributed by atoms with Crippen molar-refractivity contribution in [3.63, 3.8) is 0 Å². The van der Waals surface area contributed by atoms with Crippen molar-refractivity contribution in [2.75, 3.05) is 33.9 Å². The first-order valence-corrected chi connectivity index (χ1v) is 11.7. The van der Waals surface area contributed by atoms with Crippen LogP contribution in [0.1, 0.15) is 18.4 Å². The summed E-state index contributed by atoms with van der Waals surface area (Å²) >= 11 is 3.31. The molecule has 1 aliphatic heterocycles. The molecule has 0 saturated carbocycles. The van der Waals surface area contributed by atoms with Gasteiger partial charge in [-0.1, -0.05) is 15.9 Å². The van der Waals surface area contributed by atoms with E-state index in [9.17, 15) is 18.0 Å². The lowest BCUT2D eigenvalue weighted by atomic mass is 10.1. The van der Waals surface area contributed by atoms with Gasteiger partial charge in [-0.2, -0.15) is 0 Å². The van der Waals surface area contributed by atoms with E-state index < -0.39 is 15.9 Å². The summed E-state index contributed by atoms with van der Waals surface area (Å²) in [6.45, 7) is 2.23. The molecule has 0 aliphatic carbocycles. The Bertz CT molecular complexity index is 1040. The van der Waals surface area contributed by atoms with Gasteiger partial charge in [0.1, 0.15) is 6.54 Å². The number of halogens is 1. The van der Waals surface area contributed by atoms with Gasteiger partial charge >= 0.3 is 0 Å². The number of anilines is 3. The zero-order chi connectivity index (χ0) is 21.2. The Morgan fingerprint density at radius 3 is 2.45 bits per heavy atom. The summed E-state index contributed by atoms with van der Waals surface area (Å²) < 4.78 is 26.2. The average Bonchev–Trinajstić information content (AvgIpc) is 3.06. The Labute approximate surface area is 178 Å². The highest BCUT2D eigenvalue weighted by molar-refractivity contribution is 9.10. The second-order valence-electron chi connectivity index (χ2n) is 6.94. The van der Waals surface area contributed by atoms with Crippen molar-refractivity contribution in [3.05, 3.63) is 52.5 Å². The van der Waals surface area contributed by atoms with Gasteiger partial charge in [0, 0.05) is 28.8 Å². The van der Waals surface area contributed by atoms with Crippen molar-refractivity contribution in [2.24, 2.45) is 0 Å². The number of amides is 2. The third kappa shape index (κ3) is 5.16. The Morgan fingerprint density at radius 1 is 1.21 bits per heavy atom. The van der Waals surface area contributed by atoms with E-state index in [0.717, 1.165) is 32.7 Å². The fourth-order valence-electron chi connectivity index (χ4n) is 3.28. The van der Waals surface area contributed by atoms with E-state index in [-0.39, 0.29) is 12.5 Å². The molecule has 1 N–H and O–H groups in total. The van der Waals surface area contributed by atoms with Gasteiger partial charge in [-0.05, 0) is 61.4 Å². The molecule has 154 valence electrons. The van der Waals surface area contributed by atoms with E-state index in [1.165, 1.54) is 0 Å². The highest BCUT2D eigenvalue weighted by Gasteiger charge is 2.24. The lowest BCUT2D eigenvalue weighted by Gasteiger charge is -2.22. The summed E-state index contributed by atoms with van der Waals surface area (Å²) in [5, 5.41) is 2.74. The number of hydrogen-bond acceptors (Lipinski definition) is 4. The molecular weight excluding hydrogens is 458 g/mol. The maximum atomic E-state index is 12.5. The molecule has 0 radical (unpaired) electrons. The van der Waals surface area contributed by atoms with Gasteiger partial charge in [0.15, 0.2) is 0 Å². The Morgan fingerprint density at radius 2 is 1.90 bits per heavy atom. The predicted octanol–water partition coefficient (Wildman–Crippen LogP) is 3.29. The number of rotatable bonds is 6. The molecule has 0 unspecified atom stereocenters. The van der Waals surface area contributed by atoms with Gasteiger partial charge < -0.3 is 10.2 Å². The summed E-state index contributed by atoms with van der Waals surface area (Å²) in [6, 6.07) is 12.0. The molecule has 0 atom stereocenters. The third-order valence-electron chi connectivity index (χ3n) is 4.65. The molecule has 0 aromatic heterocycles. The molecule has 3 rings (SSSR count). The second-order valence-corrected chi connectivity index (χ2v) is 9.77. The van der Waals surface area contributed by atoms with E-state index in [1.54, 1.807) is 47.4 Å². The van der Waals surface area contributed by atoms with Crippen molar-refractivity contribution in [3.8, 4) is 0 Å². The maximum Gasteiger partial charge on any atom is 0.245 e. The van der Waals surface area contributed by atoms with Crippen LogP contribution < -0.4 is 14.5 Å². The van der Waals surface area contributed by atoms with Gasteiger partial charge in [0.2, 0.25) is 21.8 Å². The highest BCUT2D eigenvalue weighted by atomic mass is 79.9. The van der Waals surface area contributed by atoms with Crippen molar-refractivity contribution >= 4 is 54.8 Å².